The van der Waals surface area contributed by atoms with Crippen LogP contribution in [-0.4, -0.2) is 37.4 Å². The Morgan fingerprint density at radius 1 is 1.38 bits per heavy atom. The SMILES string of the molecule is CCCC(=O)c1cc(C)cc(NC(=O)c2nn[nH]n2)c1O. The van der Waals surface area contributed by atoms with Crippen molar-refractivity contribution in [2.45, 2.75) is 26.7 Å². The Bertz CT molecular complexity index is 667. The van der Waals surface area contributed by atoms with Gasteiger partial charge in [0.25, 0.3) is 11.7 Å². The summed E-state index contributed by atoms with van der Waals surface area (Å²) >= 11 is 0. The van der Waals surface area contributed by atoms with Gasteiger partial charge in [-0.3, -0.25) is 9.59 Å². The van der Waals surface area contributed by atoms with Crippen LogP contribution in [-0.2, 0) is 0 Å². The second-order valence-electron chi connectivity index (χ2n) is 4.57. The van der Waals surface area contributed by atoms with Crippen LogP contribution in [0.15, 0.2) is 12.1 Å². The predicted molar refractivity (Wildman–Crippen MR) is 74.2 cm³/mol. The number of carbonyl (C=O) groups excluding carboxylic acids is 2. The molecule has 0 spiro atoms. The second kappa shape index (κ2) is 6.12. The zero-order valence-corrected chi connectivity index (χ0v) is 11.7. The molecule has 0 bridgehead atoms. The minimum Gasteiger partial charge on any atom is -0.505 e. The lowest BCUT2D eigenvalue weighted by atomic mass is 10.0. The van der Waals surface area contributed by atoms with Crippen molar-refractivity contribution < 1.29 is 14.7 Å². The molecular formula is C13H15N5O3. The van der Waals surface area contributed by atoms with Gasteiger partial charge in [0.1, 0.15) is 5.75 Å². The molecular weight excluding hydrogens is 274 g/mol. The van der Waals surface area contributed by atoms with E-state index in [-0.39, 0.29) is 28.6 Å². The smallest absolute Gasteiger partial charge is 0.297 e. The third-order valence-electron chi connectivity index (χ3n) is 2.83. The summed E-state index contributed by atoms with van der Waals surface area (Å²) < 4.78 is 0. The average Bonchev–Trinajstić information content (AvgIpc) is 2.96. The van der Waals surface area contributed by atoms with Crippen LogP contribution in [0.1, 0.15) is 46.3 Å². The maximum absolute atomic E-state index is 12.0. The molecule has 0 aliphatic heterocycles. The van der Waals surface area contributed by atoms with Crippen molar-refractivity contribution in [3.63, 3.8) is 0 Å². The molecule has 1 amide bonds. The topological polar surface area (TPSA) is 121 Å². The first-order valence-electron chi connectivity index (χ1n) is 6.44. The highest BCUT2D eigenvalue weighted by atomic mass is 16.3. The molecule has 21 heavy (non-hydrogen) atoms. The number of carbonyl (C=O) groups is 2. The van der Waals surface area contributed by atoms with Gasteiger partial charge in [0.15, 0.2) is 5.78 Å². The molecule has 1 aromatic carbocycles. The first-order chi connectivity index (χ1) is 10.0. The summed E-state index contributed by atoms with van der Waals surface area (Å²) in [7, 11) is 0. The highest BCUT2D eigenvalue weighted by molar-refractivity contribution is 6.05. The number of anilines is 1. The fraction of sp³-hybridized carbons (Fsp3) is 0.308. The normalized spacial score (nSPS) is 10.4. The quantitative estimate of drug-likeness (QED) is 0.566. The number of Topliss-reactive ketones (excluding diaryl/α,β-unsaturated/α-hetero) is 1. The van der Waals surface area contributed by atoms with Crippen LogP contribution in [0, 0.1) is 6.92 Å². The Morgan fingerprint density at radius 3 is 2.76 bits per heavy atom. The molecule has 0 saturated carbocycles. The standard InChI is InChI=1S/C13H15N5O3/c1-3-4-10(19)8-5-7(2)6-9(11(8)20)14-13(21)12-15-17-18-16-12/h5-6,20H,3-4H2,1-2H3,(H,14,21)(H,15,16,17,18). The van der Waals surface area contributed by atoms with Crippen LogP contribution in [0.25, 0.3) is 0 Å². The van der Waals surface area contributed by atoms with Gasteiger partial charge in [-0.05, 0) is 36.3 Å². The Kier molecular flexibility index (Phi) is 4.27. The van der Waals surface area contributed by atoms with Crippen LogP contribution in [0.5, 0.6) is 5.75 Å². The molecule has 0 aliphatic rings. The number of aromatic hydroxyl groups is 1. The fourth-order valence-electron chi connectivity index (χ4n) is 1.88. The van der Waals surface area contributed by atoms with Gasteiger partial charge in [0.2, 0.25) is 0 Å². The molecule has 0 unspecified atom stereocenters. The van der Waals surface area contributed by atoms with E-state index < -0.39 is 5.91 Å². The van der Waals surface area contributed by atoms with E-state index in [0.717, 1.165) is 5.56 Å². The molecule has 0 fully saturated rings. The number of nitrogens with zero attached hydrogens (tertiary/aromatic N) is 3. The number of aryl methyl sites for hydroxylation is 1. The van der Waals surface area contributed by atoms with E-state index in [1.807, 2.05) is 6.92 Å². The lowest BCUT2D eigenvalue weighted by molar-refractivity contribution is 0.0975. The largest absolute Gasteiger partial charge is 0.505 e. The van der Waals surface area contributed by atoms with Gasteiger partial charge in [-0.2, -0.15) is 5.21 Å². The molecule has 110 valence electrons. The van der Waals surface area contributed by atoms with Gasteiger partial charge in [-0.15, -0.1) is 10.2 Å². The Hall–Kier alpha value is -2.77. The van der Waals surface area contributed by atoms with Crippen molar-refractivity contribution in [1.29, 1.82) is 0 Å². The molecule has 0 atom stereocenters. The van der Waals surface area contributed by atoms with E-state index >= 15 is 0 Å². The van der Waals surface area contributed by atoms with E-state index in [2.05, 4.69) is 25.9 Å². The number of nitrogens with one attached hydrogen (secondary N) is 2. The molecule has 1 aromatic heterocycles. The van der Waals surface area contributed by atoms with Gasteiger partial charge in [-0.25, -0.2) is 0 Å². The van der Waals surface area contributed by atoms with Crippen LogP contribution in [0.3, 0.4) is 0 Å². The van der Waals surface area contributed by atoms with Crippen molar-refractivity contribution in [3.8, 4) is 5.75 Å². The molecule has 2 rings (SSSR count). The molecule has 1 heterocycles. The van der Waals surface area contributed by atoms with E-state index in [4.69, 9.17) is 0 Å². The first kappa shape index (κ1) is 14.6. The van der Waals surface area contributed by atoms with Gasteiger partial charge in [0, 0.05) is 6.42 Å². The Labute approximate surface area is 120 Å². The number of phenols is 1. The second-order valence-corrected chi connectivity index (χ2v) is 4.57. The lowest BCUT2D eigenvalue weighted by Crippen LogP contribution is -2.15. The Balaban J connectivity index is 2.31. The minimum absolute atomic E-state index is 0.143. The Morgan fingerprint density at radius 2 is 2.14 bits per heavy atom. The maximum Gasteiger partial charge on any atom is 0.297 e. The molecule has 2 aromatic rings. The number of phenolic OH excluding ortho intramolecular Hbond substituents is 1. The van der Waals surface area contributed by atoms with Gasteiger partial charge in [-0.1, -0.05) is 6.92 Å². The van der Waals surface area contributed by atoms with Crippen LogP contribution in [0.4, 0.5) is 5.69 Å². The van der Waals surface area contributed by atoms with E-state index in [9.17, 15) is 14.7 Å². The van der Waals surface area contributed by atoms with E-state index in [1.54, 1.807) is 19.1 Å². The average molecular weight is 289 g/mol. The van der Waals surface area contributed by atoms with E-state index in [1.165, 1.54) is 0 Å². The van der Waals surface area contributed by atoms with Crippen molar-refractivity contribution in [1.82, 2.24) is 20.6 Å². The van der Waals surface area contributed by atoms with Gasteiger partial charge >= 0.3 is 0 Å². The molecule has 0 radical (unpaired) electrons. The van der Waals surface area contributed by atoms with Crippen LogP contribution >= 0.6 is 0 Å². The number of hydrogen-bond acceptors (Lipinski definition) is 6. The van der Waals surface area contributed by atoms with Crippen molar-refractivity contribution in [3.05, 3.63) is 29.1 Å². The van der Waals surface area contributed by atoms with Crippen molar-refractivity contribution >= 4 is 17.4 Å². The highest BCUT2D eigenvalue weighted by Gasteiger charge is 2.18. The van der Waals surface area contributed by atoms with E-state index in [0.29, 0.717) is 12.8 Å². The van der Waals surface area contributed by atoms with Gasteiger partial charge in [0.05, 0.1) is 11.3 Å². The van der Waals surface area contributed by atoms with Gasteiger partial charge < -0.3 is 10.4 Å². The summed E-state index contributed by atoms with van der Waals surface area (Å²) in [4.78, 5) is 23.8. The summed E-state index contributed by atoms with van der Waals surface area (Å²) in [5, 5.41) is 25.2. The fourth-order valence-corrected chi connectivity index (χ4v) is 1.88. The third kappa shape index (κ3) is 3.22. The number of tetrazole rings is 1. The lowest BCUT2D eigenvalue weighted by Gasteiger charge is -2.11. The number of ketones is 1. The third-order valence-corrected chi connectivity index (χ3v) is 2.83. The number of amides is 1. The number of benzene rings is 1. The van der Waals surface area contributed by atoms with Crippen LogP contribution < -0.4 is 5.32 Å². The summed E-state index contributed by atoms with van der Waals surface area (Å²) in [6.45, 7) is 3.65. The predicted octanol–water partition coefficient (Wildman–Crippen LogP) is 1.45. The summed E-state index contributed by atoms with van der Waals surface area (Å²) in [6, 6.07) is 3.16. The number of H-pyrrole nitrogens is 1. The van der Waals surface area contributed by atoms with Crippen molar-refractivity contribution in [2.24, 2.45) is 0 Å². The summed E-state index contributed by atoms with van der Waals surface area (Å²) in [5.74, 6) is -1.21. The molecule has 0 aliphatic carbocycles. The monoisotopic (exact) mass is 289 g/mol. The van der Waals surface area contributed by atoms with Crippen molar-refractivity contribution in [2.75, 3.05) is 5.32 Å². The van der Waals surface area contributed by atoms with Crippen LogP contribution in [0.2, 0.25) is 0 Å². The minimum atomic E-state index is -0.626. The first-order valence-corrected chi connectivity index (χ1v) is 6.44. The number of aromatic nitrogens is 4. The highest BCUT2D eigenvalue weighted by Crippen LogP contribution is 2.30. The summed E-state index contributed by atoms with van der Waals surface area (Å²) in [6.07, 6.45) is 1.01. The molecule has 8 nitrogen and oxygen atoms in total. The maximum atomic E-state index is 12.0. The number of aromatic amines is 1. The molecule has 0 saturated heterocycles. The molecule has 8 heteroatoms. The molecule has 3 N–H and O–H groups in total. The number of rotatable bonds is 5. The zero-order chi connectivity index (χ0) is 15.4. The number of hydrogen-bond donors (Lipinski definition) is 3. The summed E-state index contributed by atoms with van der Waals surface area (Å²) in [5.41, 5.74) is 1.08. The zero-order valence-electron chi connectivity index (χ0n) is 11.7.